The first-order chi connectivity index (χ1) is 9.00. The zero-order chi connectivity index (χ0) is 13.9. The lowest BCUT2D eigenvalue weighted by atomic mass is 9.86. The largest absolute Gasteiger partial charge is 0.384 e. The SMILES string of the molecule is C[C@@](O)(CNC(=O)C1(C#N)CCCC1)c1ccsc1. The van der Waals surface area contributed by atoms with E-state index < -0.39 is 11.0 Å². The highest BCUT2D eigenvalue weighted by Gasteiger charge is 2.42. The quantitative estimate of drug-likeness (QED) is 0.886. The number of carbonyl (C=O) groups is 1. The summed E-state index contributed by atoms with van der Waals surface area (Å²) in [6.45, 7) is 1.80. The minimum absolute atomic E-state index is 0.131. The molecule has 5 heteroatoms. The predicted molar refractivity (Wildman–Crippen MR) is 73.4 cm³/mol. The van der Waals surface area contributed by atoms with E-state index >= 15 is 0 Å². The van der Waals surface area contributed by atoms with Crippen LogP contribution in [0.4, 0.5) is 0 Å². The van der Waals surface area contributed by atoms with Crippen LogP contribution in [0.3, 0.4) is 0 Å². The van der Waals surface area contributed by atoms with Gasteiger partial charge in [-0.25, -0.2) is 0 Å². The van der Waals surface area contributed by atoms with E-state index in [4.69, 9.17) is 0 Å². The van der Waals surface area contributed by atoms with Crippen molar-refractivity contribution in [3.05, 3.63) is 22.4 Å². The van der Waals surface area contributed by atoms with Crippen molar-refractivity contribution in [3.8, 4) is 6.07 Å². The van der Waals surface area contributed by atoms with E-state index in [-0.39, 0.29) is 12.5 Å². The van der Waals surface area contributed by atoms with Crippen LogP contribution in [0.2, 0.25) is 0 Å². The summed E-state index contributed by atoms with van der Waals surface area (Å²) in [6, 6.07) is 4.00. The summed E-state index contributed by atoms with van der Waals surface area (Å²) in [5, 5.41) is 26.1. The van der Waals surface area contributed by atoms with E-state index in [0.717, 1.165) is 18.4 Å². The molecule has 1 atom stereocenters. The first kappa shape index (κ1) is 14.0. The Morgan fingerprint density at radius 3 is 2.84 bits per heavy atom. The zero-order valence-corrected chi connectivity index (χ0v) is 11.8. The lowest BCUT2D eigenvalue weighted by molar-refractivity contribution is -0.129. The van der Waals surface area contributed by atoms with Gasteiger partial charge in [0.15, 0.2) is 0 Å². The van der Waals surface area contributed by atoms with Gasteiger partial charge in [-0.2, -0.15) is 16.6 Å². The second kappa shape index (κ2) is 5.32. The first-order valence-corrected chi connectivity index (χ1v) is 7.39. The van der Waals surface area contributed by atoms with Crippen LogP contribution >= 0.6 is 11.3 Å². The van der Waals surface area contributed by atoms with Gasteiger partial charge in [0.2, 0.25) is 5.91 Å². The van der Waals surface area contributed by atoms with Gasteiger partial charge in [-0.1, -0.05) is 12.8 Å². The number of thiophene rings is 1. The summed E-state index contributed by atoms with van der Waals surface area (Å²) in [4.78, 5) is 12.2. The molecule has 2 N–H and O–H groups in total. The molecule has 1 amide bonds. The first-order valence-electron chi connectivity index (χ1n) is 6.45. The van der Waals surface area contributed by atoms with E-state index in [1.807, 2.05) is 16.8 Å². The second-order valence-electron chi connectivity index (χ2n) is 5.37. The number of nitrogens with zero attached hydrogens (tertiary/aromatic N) is 1. The summed E-state index contributed by atoms with van der Waals surface area (Å²) in [7, 11) is 0. The predicted octanol–water partition coefficient (Wildman–Crippen LogP) is 2.16. The number of amides is 1. The van der Waals surface area contributed by atoms with Gasteiger partial charge in [-0.15, -0.1) is 0 Å². The van der Waals surface area contributed by atoms with Crippen molar-refractivity contribution in [1.82, 2.24) is 5.32 Å². The monoisotopic (exact) mass is 278 g/mol. The van der Waals surface area contributed by atoms with Crippen LogP contribution in [0.5, 0.6) is 0 Å². The Labute approximate surface area is 117 Å². The topological polar surface area (TPSA) is 73.1 Å². The second-order valence-corrected chi connectivity index (χ2v) is 6.15. The van der Waals surface area contributed by atoms with E-state index in [2.05, 4.69) is 11.4 Å². The van der Waals surface area contributed by atoms with Gasteiger partial charge in [-0.3, -0.25) is 4.79 Å². The normalized spacial score (nSPS) is 20.5. The minimum atomic E-state index is -1.09. The smallest absolute Gasteiger partial charge is 0.240 e. The maximum Gasteiger partial charge on any atom is 0.240 e. The fraction of sp³-hybridized carbons (Fsp3) is 0.571. The number of carbonyl (C=O) groups excluding carboxylic acids is 1. The summed E-state index contributed by atoms with van der Waals surface area (Å²) in [6.07, 6.45) is 3.08. The van der Waals surface area contributed by atoms with Crippen molar-refractivity contribution >= 4 is 17.2 Å². The summed E-state index contributed by atoms with van der Waals surface area (Å²) >= 11 is 1.50. The average Bonchev–Trinajstić information content (AvgIpc) is 3.07. The molecule has 1 fully saturated rings. The van der Waals surface area contributed by atoms with Crippen molar-refractivity contribution in [2.75, 3.05) is 6.54 Å². The number of aliphatic hydroxyl groups is 1. The van der Waals surface area contributed by atoms with E-state index in [1.165, 1.54) is 11.3 Å². The summed E-state index contributed by atoms with van der Waals surface area (Å²) in [5.41, 5.74) is -1.19. The molecule has 1 aliphatic carbocycles. The highest BCUT2D eigenvalue weighted by Crippen LogP contribution is 2.37. The molecule has 1 aromatic heterocycles. The molecule has 0 bridgehead atoms. The standard InChI is InChI=1S/C14H18N2O2S/c1-13(18,11-4-7-19-8-11)10-16-12(17)14(9-15)5-2-3-6-14/h4,7-8,18H,2-3,5-6,10H2,1H3,(H,16,17)/t13-/m1/s1. The molecule has 4 nitrogen and oxygen atoms in total. The number of rotatable bonds is 4. The third-order valence-electron chi connectivity index (χ3n) is 3.84. The average molecular weight is 278 g/mol. The third-order valence-corrected chi connectivity index (χ3v) is 4.53. The number of hydrogen-bond acceptors (Lipinski definition) is 4. The molecule has 0 unspecified atom stereocenters. The Bertz CT molecular complexity index is 482. The summed E-state index contributed by atoms with van der Waals surface area (Å²) < 4.78 is 0. The molecule has 2 rings (SSSR count). The Hall–Kier alpha value is -1.38. The molecule has 1 aliphatic rings. The zero-order valence-electron chi connectivity index (χ0n) is 11.0. The maximum atomic E-state index is 12.2. The van der Waals surface area contributed by atoms with Gasteiger partial charge in [0.1, 0.15) is 11.0 Å². The number of nitriles is 1. The fourth-order valence-electron chi connectivity index (χ4n) is 2.46. The van der Waals surface area contributed by atoms with E-state index in [9.17, 15) is 15.2 Å². The van der Waals surface area contributed by atoms with Gasteiger partial charge < -0.3 is 10.4 Å². The van der Waals surface area contributed by atoms with Crippen LogP contribution in [0.1, 0.15) is 38.2 Å². The molecule has 0 aromatic carbocycles. The maximum absolute atomic E-state index is 12.2. The molecule has 0 radical (unpaired) electrons. The van der Waals surface area contributed by atoms with Crippen molar-refractivity contribution in [2.45, 2.75) is 38.2 Å². The molecular weight excluding hydrogens is 260 g/mol. The molecule has 1 saturated carbocycles. The number of nitrogens with one attached hydrogen (secondary N) is 1. The van der Waals surface area contributed by atoms with Crippen molar-refractivity contribution in [2.24, 2.45) is 5.41 Å². The van der Waals surface area contributed by atoms with Gasteiger partial charge in [-0.05, 0) is 42.2 Å². The third kappa shape index (κ3) is 2.80. The van der Waals surface area contributed by atoms with Crippen LogP contribution < -0.4 is 5.32 Å². The fourth-order valence-corrected chi connectivity index (χ4v) is 3.25. The lowest BCUT2D eigenvalue weighted by Gasteiger charge is -2.26. The Morgan fingerprint density at radius 1 is 1.63 bits per heavy atom. The van der Waals surface area contributed by atoms with Gasteiger partial charge in [0.25, 0.3) is 0 Å². The molecule has 102 valence electrons. The Balaban J connectivity index is 1.99. The number of hydrogen-bond donors (Lipinski definition) is 2. The van der Waals surface area contributed by atoms with Crippen molar-refractivity contribution in [1.29, 1.82) is 5.26 Å². The Kier molecular flexibility index (Phi) is 3.93. The highest BCUT2D eigenvalue weighted by molar-refractivity contribution is 7.08. The van der Waals surface area contributed by atoms with Crippen molar-refractivity contribution < 1.29 is 9.90 Å². The molecule has 0 saturated heterocycles. The van der Waals surface area contributed by atoms with Crippen molar-refractivity contribution in [3.63, 3.8) is 0 Å². The van der Waals surface area contributed by atoms with Gasteiger partial charge in [0, 0.05) is 0 Å². The summed E-state index contributed by atoms with van der Waals surface area (Å²) in [5.74, 6) is -0.247. The molecule has 1 aromatic rings. The molecule has 19 heavy (non-hydrogen) atoms. The molecule has 0 aliphatic heterocycles. The lowest BCUT2D eigenvalue weighted by Crippen LogP contribution is -2.44. The minimum Gasteiger partial charge on any atom is -0.384 e. The van der Waals surface area contributed by atoms with Crippen LogP contribution in [0.15, 0.2) is 16.8 Å². The van der Waals surface area contributed by atoms with Crippen LogP contribution in [-0.4, -0.2) is 17.6 Å². The van der Waals surface area contributed by atoms with Gasteiger partial charge in [0.05, 0.1) is 12.6 Å². The highest BCUT2D eigenvalue weighted by atomic mass is 32.1. The van der Waals surface area contributed by atoms with Crippen LogP contribution in [-0.2, 0) is 10.4 Å². The molecular formula is C14H18N2O2S. The van der Waals surface area contributed by atoms with Gasteiger partial charge >= 0.3 is 0 Å². The van der Waals surface area contributed by atoms with Crippen LogP contribution in [0.25, 0.3) is 0 Å². The van der Waals surface area contributed by atoms with E-state index in [1.54, 1.807) is 6.92 Å². The molecule has 1 heterocycles. The van der Waals surface area contributed by atoms with Crippen LogP contribution in [0, 0.1) is 16.7 Å². The molecule has 0 spiro atoms. The van der Waals surface area contributed by atoms with E-state index in [0.29, 0.717) is 12.8 Å². The Morgan fingerprint density at radius 2 is 2.32 bits per heavy atom.